The van der Waals surface area contributed by atoms with Gasteiger partial charge in [0.25, 0.3) is 5.56 Å². The fraction of sp³-hybridized carbons (Fsp3) is 0.500. The van der Waals surface area contributed by atoms with E-state index in [1.165, 1.54) is 6.92 Å². The normalized spacial score (nSPS) is 10.7. The highest BCUT2D eigenvalue weighted by atomic mass is 16.1. The fourth-order valence-corrected chi connectivity index (χ4v) is 1.38. The van der Waals surface area contributed by atoms with Gasteiger partial charge in [0, 0.05) is 12.7 Å². The van der Waals surface area contributed by atoms with Crippen LogP contribution in [0.3, 0.4) is 0 Å². The third-order valence-electron chi connectivity index (χ3n) is 2.35. The fourth-order valence-electron chi connectivity index (χ4n) is 1.38. The number of hydrogen-bond acceptors (Lipinski definition) is 2. The Hall–Kier alpha value is -1.38. The summed E-state index contributed by atoms with van der Waals surface area (Å²) < 4.78 is 1.61. The van der Waals surface area contributed by atoms with Crippen LogP contribution in [0.25, 0.3) is 0 Å². The molecular formula is C12H17NO2. The predicted octanol–water partition coefficient (Wildman–Crippen LogP) is 2.10. The third-order valence-corrected chi connectivity index (χ3v) is 2.35. The van der Waals surface area contributed by atoms with Crippen LogP contribution < -0.4 is 5.56 Å². The van der Waals surface area contributed by atoms with E-state index in [1.807, 2.05) is 0 Å². The lowest BCUT2D eigenvalue weighted by molar-refractivity contribution is 0.101. The van der Waals surface area contributed by atoms with Crippen molar-refractivity contribution in [1.82, 2.24) is 4.57 Å². The Morgan fingerprint density at radius 2 is 2.13 bits per heavy atom. The van der Waals surface area contributed by atoms with Crippen LogP contribution in [0.1, 0.15) is 37.6 Å². The number of Topliss-reactive ketones (excluding diaryl/α,β-unsaturated/α-hetero) is 1. The Morgan fingerprint density at radius 3 is 2.67 bits per heavy atom. The van der Waals surface area contributed by atoms with E-state index in [-0.39, 0.29) is 16.9 Å². The molecule has 15 heavy (non-hydrogen) atoms. The largest absolute Gasteiger partial charge is 0.315 e. The zero-order chi connectivity index (χ0) is 11.4. The molecule has 0 N–H and O–H groups in total. The van der Waals surface area contributed by atoms with Gasteiger partial charge < -0.3 is 4.57 Å². The van der Waals surface area contributed by atoms with Crippen LogP contribution >= 0.6 is 0 Å². The highest BCUT2D eigenvalue weighted by Gasteiger charge is 2.07. The van der Waals surface area contributed by atoms with E-state index < -0.39 is 0 Å². The first-order valence-corrected chi connectivity index (χ1v) is 5.22. The van der Waals surface area contributed by atoms with Crippen molar-refractivity contribution >= 4 is 5.78 Å². The number of carbonyl (C=O) groups excluding carboxylic acids is 1. The van der Waals surface area contributed by atoms with Crippen molar-refractivity contribution in [3.63, 3.8) is 0 Å². The molecule has 0 aliphatic heterocycles. The minimum atomic E-state index is -0.175. The van der Waals surface area contributed by atoms with Crippen LogP contribution in [-0.4, -0.2) is 10.4 Å². The number of rotatable bonds is 4. The molecule has 0 aliphatic rings. The molecule has 0 saturated carbocycles. The molecule has 0 aliphatic carbocycles. The summed E-state index contributed by atoms with van der Waals surface area (Å²) in [5.74, 6) is 0.386. The second kappa shape index (κ2) is 4.91. The van der Waals surface area contributed by atoms with Gasteiger partial charge in [-0.1, -0.05) is 13.8 Å². The van der Waals surface area contributed by atoms with Crippen molar-refractivity contribution in [2.45, 2.75) is 33.7 Å². The molecule has 3 heteroatoms. The van der Waals surface area contributed by atoms with Gasteiger partial charge in [0.1, 0.15) is 0 Å². The predicted molar refractivity (Wildman–Crippen MR) is 60.2 cm³/mol. The average molecular weight is 207 g/mol. The highest BCUT2D eigenvalue weighted by Crippen LogP contribution is 2.01. The van der Waals surface area contributed by atoms with Crippen LogP contribution in [0.2, 0.25) is 0 Å². The van der Waals surface area contributed by atoms with Crippen molar-refractivity contribution in [2.75, 3.05) is 0 Å². The van der Waals surface area contributed by atoms with Gasteiger partial charge in [-0.25, -0.2) is 0 Å². The summed E-state index contributed by atoms with van der Waals surface area (Å²) >= 11 is 0. The Labute approximate surface area is 89.7 Å². The maximum atomic E-state index is 11.8. The molecule has 0 amide bonds. The van der Waals surface area contributed by atoms with E-state index in [9.17, 15) is 9.59 Å². The molecule has 0 atom stereocenters. The third kappa shape index (κ3) is 3.05. The topological polar surface area (TPSA) is 39.1 Å². The minimum Gasteiger partial charge on any atom is -0.315 e. The van der Waals surface area contributed by atoms with Gasteiger partial charge in [-0.15, -0.1) is 0 Å². The maximum absolute atomic E-state index is 11.8. The van der Waals surface area contributed by atoms with Crippen LogP contribution in [0, 0.1) is 5.92 Å². The van der Waals surface area contributed by atoms with Gasteiger partial charge >= 0.3 is 0 Å². The van der Waals surface area contributed by atoms with Crippen molar-refractivity contribution in [3.05, 3.63) is 34.2 Å². The molecule has 0 unspecified atom stereocenters. The lowest BCUT2D eigenvalue weighted by Gasteiger charge is -2.08. The molecule has 1 aromatic heterocycles. The van der Waals surface area contributed by atoms with Crippen molar-refractivity contribution < 1.29 is 4.79 Å². The lowest BCUT2D eigenvalue weighted by Crippen LogP contribution is -2.25. The van der Waals surface area contributed by atoms with Crippen molar-refractivity contribution in [2.24, 2.45) is 5.92 Å². The molecule has 0 saturated heterocycles. The molecule has 3 nitrogen and oxygen atoms in total. The Morgan fingerprint density at radius 1 is 1.47 bits per heavy atom. The van der Waals surface area contributed by atoms with Crippen LogP contribution in [-0.2, 0) is 6.54 Å². The van der Waals surface area contributed by atoms with E-state index in [1.54, 1.807) is 22.9 Å². The molecular weight excluding hydrogens is 190 g/mol. The molecule has 0 fully saturated rings. The van der Waals surface area contributed by atoms with Crippen LogP contribution in [0.4, 0.5) is 0 Å². The summed E-state index contributed by atoms with van der Waals surface area (Å²) in [6.07, 6.45) is 2.68. The van der Waals surface area contributed by atoms with Gasteiger partial charge in [0.15, 0.2) is 5.78 Å². The summed E-state index contributed by atoms with van der Waals surface area (Å²) in [6, 6.07) is 3.33. The van der Waals surface area contributed by atoms with Crippen LogP contribution in [0.5, 0.6) is 0 Å². The summed E-state index contributed by atoms with van der Waals surface area (Å²) in [5, 5.41) is 0. The number of aromatic nitrogens is 1. The van der Waals surface area contributed by atoms with E-state index in [2.05, 4.69) is 13.8 Å². The smallest absolute Gasteiger partial charge is 0.261 e. The first-order chi connectivity index (χ1) is 7.02. The number of carbonyl (C=O) groups is 1. The minimum absolute atomic E-state index is 0.168. The summed E-state index contributed by atoms with van der Waals surface area (Å²) in [7, 11) is 0. The molecule has 0 radical (unpaired) electrons. The Bertz CT molecular complexity index is 404. The zero-order valence-corrected chi connectivity index (χ0v) is 9.49. The molecule has 1 heterocycles. The molecule has 0 spiro atoms. The number of pyridine rings is 1. The van der Waals surface area contributed by atoms with E-state index in [4.69, 9.17) is 0 Å². The summed E-state index contributed by atoms with van der Waals surface area (Å²) in [5.41, 5.74) is 0.104. The average Bonchev–Trinajstić information content (AvgIpc) is 2.15. The highest BCUT2D eigenvalue weighted by molar-refractivity contribution is 5.93. The molecule has 82 valence electrons. The molecule has 1 aromatic rings. The van der Waals surface area contributed by atoms with E-state index in [0.717, 1.165) is 6.42 Å². The quantitative estimate of drug-likeness (QED) is 0.709. The maximum Gasteiger partial charge on any atom is 0.261 e. The van der Waals surface area contributed by atoms with Gasteiger partial charge in [0.2, 0.25) is 0 Å². The van der Waals surface area contributed by atoms with E-state index >= 15 is 0 Å². The second-order valence-corrected chi connectivity index (χ2v) is 4.16. The van der Waals surface area contributed by atoms with E-state index in [0.29, 0.717) is 12.5 Å². The van der Waals surface area contributed by atoms with Crippen LogP contribution in [0.15, 0.2) is 23.1 Å². The molecule has 0 bridgehead atoms. The standard InChI is InChI=1S/C12H17NO2/c1-9(2)6-8-13-7-4-5-11(10(3)14)12(13)15/h4-5,7,9H,6,8H2,1-3H3. The number of ketones is 1. The van der Waals surface area contributed by atoms with Gasteiger partial charge in [-0.05, 0) is 31.4 Å². The van der Waals surface area contributed by atoms with Gasteiger partial charge in [0.05, 0.1) is 5.56 Å². The first kappa shape index (κ1) is 11.7. The van der Waals surface area contributed by atoms with Crippen molar-refractivity contribution in [1.29, 1.82) is 0 Å². The van der Waals surface area contributed by atoms with Gasteiger partial charge in [-0.3, -0.25) is 9.59 Å². The summed E-state index contributed by atoms with van der Waals surface area (Å²) in [4.78, 5) is 22.9. The second-order valence-electron chi connectivity index (χ2n) is 4.16. The monoisotopic (exact) mass is 207 g/mol. The first-order valence-electron chi connectivity index (χ1n) is 5.22. The summed E-state index contributed by atoms with van der Waals surface area (Å²) in [6.45, 7) is 6.32. The zero-order valence-electron chi connectivity index (χ0n) is 9.49. The molecule has 1 rings (SSSR count). The number of hydrogen-bond donors (Lipinski definition) is 0. The Balaban J connectivity index is 2.95. The Kier molecular flexibility index (Phi) is 3.83. The number of aryl methyl sites for hydroxylation is 1. The van der Waals surface area contributed by atoms with Gasteiger partial charge in [-0.2, -0.15) is 0 Å². The number of nitrogens with zero attached hydrogens (tertiary/aromatic N) is 1. The molecule has 0 aromatic carbocycles. The lowest BCUT2D eigenvalue weighted by atomic mass is 10.1. The van der Waals surface area contributed by atoms with Crippen molar-refractivity contribution in [3.8, 4) is 0 Å². The SMILES string of the molecule is CC(=O)c1cccn(CCC(C)C)c1=O.